The molecule has 1 N–H and O–H groups in total. The van der Waals surface area contributed by atoms with E-state index in [4.69, 9.17) is 5.11 Å². The van der Waals surface area contributed by atoms with Crippen molar-refractivity contribution in [3.8, 4) is 0 Å². The Morgan fingerprint density at radius 3 is 1.43 bits per heavy atom. The van der Waals surface area contributed by atoms with Gasteiger partial charge in [-0.25, -0.2) is 4.79 Å². The van der Waals surface area contributed by atoms with Gasteiger partial charge in [0.1, 0.15) is 0 Å². The van der Waals surface area contributed by atoms with E-state index in [1.165, 1.54) is 0 Å². The Bertz CT molecular complexity index is 465. The Labute approximate surface area is 108 Å². The van der Waals surface area contributed by atoms with Crippen molar-refractivity contribution in [2.45, 2.75) is 30.4 Å². The van der Waals surface area contributed by atoms with E-state index < -0.39 is 47.9 Å². The van der Waals surface area contributed by atoms with Gasteiger partial charge in [-0.2, -0.15) is 39.5 Å². The van der Waals surface area contributed by atoms with Crippen LogP contribution in [-0.2, 0) is 14.4 Å². The number of carbonyl (C=O) groups excluding carboxylic acids is 2. The molecule has 0 aromatic carbocycles. The van der Waals surface area contributed by atoms with Crippen molar-refractivity contribution in [1.82, 2.24) is 0 Å². The van der Waals surface area contributed by atoms with Crippen LogP contribution in [0.1, 0.15) is 6.42 Å². The van der Waals surface area contributed by atoms with Gasteiger partial charge < -0.3 is 5.11 Å². The van der Waals surface area contributed by atoms with Gasteiger partial charge in [-0.1, -0.05) is 0 Å². The van der Waals surface area contributed by atoms with Crippen LogP contribution in [0.2, 0.25) is 0 Å². The summed E-state index contributed by atoms with van der Waals surface area (Å²) in [5, 5.41) is 7.93. The first kappa shape index (κ1) is 19.2. The highest BCUT2D eigenvalue weighted by Crippen LogP contribution is 2.53. The second kappa shape index (κ2) is 5.18. The van der Waals surface area contributed by atoms with Crippen molar-refractivity contribution in [3.05, 3.63) is 0 Å². The van der Waals surface area contributed by atoms with Gasteiger partial charge in [0.15, 0.2) is 0 Å². The zero-order valence-electron chi connectivity index (χ0n) is 9.28. The first-order valence-electron chi connectivity index (χ1n) is 4.49. The standard InChI is InChI=1S/C8H3F9O4/c9-5(10,3(19)1-2(18)4(20)21)6(11,12)7(13,14)8(15,16)17/h1H2,(H,20,21). The minimum absolute atomic E-state index is 2.38. The molecule has 21 heavy (non-hydrogen) atoms. The molecule has 0 spiro atoms. The molecule has 0 bridgehead atoms. The molecule has 0 aliphatic rings. The average molecular weight is 334 g/mol. The maximum Gasteiger partial charge on any atom is 0.460 e. The van der Waals surface area contributed by atoms with E-state index in [9.17, 15) is 53.9 Å². The van der Waals surface area contributed by atoms with Crippen LogP contribution in [0.25, 0.3) is 0 Å². The first-order valence-corrected chi connectivity index (χ1v) is 4.49. The maximum absolute atomic E-state index is 12.8. The highest BCUT2D eigenvalue weighted by molar-refractivity contribution is 6.36. The number of aliphatic carboxylic acids is 1. The van der Waals surface area contributed by atoms with E-state index in [1.54, 1.807) is 0 Å². The molecular formula is C8H3F9O4. The summed E-state index contributed by atoms with van der Waals surface area (Å²) < 4.78 is 111. The van der Waals surface area contributed by atoms with E-state index in [-0.39, 0.29) is 0 Å². The van der Waals surface area contributed by atoms with Crippen molar-refractivity contribution in [1.29, 1.82) is 0 Å². The van der Waals surface area contributed by atoms with Gasteiger partial charge >= 0.3 is 29.9 Å². The lowest BCUT2D eigenvalue weighted by Gasteiger charge is -2.32. The maximum atomic E-state index is 12.8. The van der Waals surface area contributed by atoms with E-state index in [0.717, 1.165) is 0 Å². The fourth-order valence-corrected chi connectivity index (χ4v) is 0.883. The lowest BCUT2D eigenvalue weighted by atomic mass is 9.97. The summed E-state index contributed by atoms with van der Waals surface area (Å²) in [5.74, 6) is -29.4. The largest absolute Gasteiger partial charge is 0.475 e. The molecule has 0 aliphatic heterocycles. The minimum atomic E-state index is -7.29. The summed E-state index contributed by atoms with van der Waals surface area (Å²) in [6, 6.07) is 0. The Morgan fingerprint density at radius 2 is 1.14 bits per heavy atom. The summed E-state index contributed by atoms with van der Waals surface area (Å²) in [6.45, 7) is 0. The van der Waals surface area contributed by atoms with Crippen LogP contribution in [0, 0.1) is 0 Å². The lowest BCUT2D eigenvalue weighted by molar-refractivity contribution is -0.388. The number of Topliss-reactive ketones (excluding diaryl/α,β-unsaturated/α-hetero) is 2. The number of ketones is 2. The van der Waals surface area contributed by atoms with Crippen LogP contribution >= 0.6 is 0 Å². The monoisotopic (exact) mass is 334 g/mol. The van der Waals surface area contributed by atoms with Crippen molar-refractivity contribution in [3.63, 3.8) is 0 Å². The molecule has 0 heterocycles. The Morgan fingerprint density at radius 1 is 0.762 bits per heavy atom. The third kappa shape index (κ3) is 3.10. The van der Waals surface area contributed by atoms with Gasteiger partial charge in [0.2, 0.25) is 11.6 Å². The van der Waals surface area contributed by atoms with E-state index >= 15 is 0 Å². The van der Waals surface area contributed by atoms with E-state index in [0.29, 0.717) is 0 Å². The number of hydrogen-bond donors (Lipinski definition) is 1. The second-order valence-electron chi connectivity index (χ2n) is 3.55. The quantitative estimate of drug-likeness (QED) is 0.459. The van der Waals surface area contributed by atoms with Gasteiger partial charge in [-0.05, 0) is 0 Å². The first-order chi connectivity index (χ1) is 9.00. The summed E-state index contributed by atoms with van der Waals surface area (Å²) >= 11 is 0. The normalized spacial score (nSPS) is 14.0. The molecule has 0 atom stereocenters. The molecule has 0 fully saturated rings. The fourth-order valence-electron chi connectivity index (χ4n) is 0.883. The molecule has 0 aromatic heterocycles. The molecule has 13 heteroatoms. The van der Waals surface area contributed by atoms with Gasteiger partial charge in [0.05, 0.1) is 6.42 Å². The summed E-state index contributed by atoms with van der Waals surface area (Å²) in [7, 11) is 0. The number of carboxylic acids is 1. The molecule has 0 saturated carbocycles. The third-order valence-electron chi connectivity index (χ3n) is 2.05. The van der Waals surface area contributed by atoms with E-state index in [2.05, 4.69) is 0 Å². The summed E-state index contributed by atoms with van der Waals surface area (Å²) in [5.41, 5.74) is 0. The molecule has 0 amide bonds. The molecule has 4 nitrogen and oxygen atoms in total. The molecule has 0 aromatic rings. The SMILES string of the molecule is O=C(O)C(=O)CC(=O)C(F)(F)C(F)(F)C(F)(F)C(F)(F)F. The minimum Gasteiger partial charge on any atom is -0.475 e. The molecule has 0 radical (unpaired) electrons. The third-order valence-corrected chi connectivity index (χ3v) is 2.05. The molecule has 0 unspecified atom stereocenters. The van der Waals surface area contributed by atoms with Crippen LogP contribution < -0.4 is 0 Å². The van der Waals surface area contributed by atoms with E-state index in [1.807, 2.05) is 0 Å². The molecule has 0 rings (SSSR count). The van der Waals surface area contributed by atoms with Gasteiger partial charge in [0, 0.05) is 0 Å². The van der Waals surface area contributed by atoms with Crippen molar-refractivity contribution in [2.75, 3.05) is 0 Å². The Hall–Kier alpha value is -1.82. The highest BCUT2D eigenvalue weighted by atomic mass is 19.4. The predicted molar refractivity (Wildman–Crippen MR) is 43.2 cm³/mol. The van der Waals surface area contributed by atoms with Crippen molar-refractivity contribution in [2.24, 2.45) is 0 Å². The number of halogens is 9. The van der Waals surface area contributed by atoms with Crippen LogP contribution in [0.5, 0.6) is 0 Å². The molecule has 0 aliphatic carbocycles. The lowest BCUT2D eigenvalue weighted by Crippen LogP contribution is -2.63. The Balaban J connectivity index is 5.63. The van der Waals surface area contributed by atoms with Gasteiger partial charge in [0.25, 0.3) is 0 Å². The molecule has 122 valence electrons. The number of hydrogen-bond acceptors (Lipinski definition) is 3. The zero-order chi connectivity index (χ0) is 17.4. The number of carboxylic acid groups (broad SMARTS) is 1. The van der Waals surface area contributed by atoms with Crippen molar-refractivity contribution >= 4 is 17.5 Å². The topological polar surface area (TPSA) is 71.4 Å². The van der Waals surface area contributed by atoms with Crippen molar-refractivity contribution < 1.29 is 59.0 Å². The predicted octanol–water partition coefficient (Wildman–Crippen LogP) is 2.07. The Kier molecular flexibility index (Phi) is 4.73. The fraction of sp³-hybridized carbons (Fsp3) is 0.625. The van der Waals surface area contributed by atoms with Crippen LogP contribution in [0.15, 0.2) is 0 Å². The van der Waals surface area contributed by atoms with Crippen LogP contribution in [0.3, 0.4) is 0 Å². The molecular weight excluding hydrogens is 331 g/mol. The zero-order valence-corrected chi connectivity index (χ0v) is 9.28. The summed E-state index contributed by atoms with van der Waals surface area (Å²) in [4.78, 5) is 30.9. The number of rotatable bonds is 6. The number of carbonyl (C=O) groups is 3. The van der Waals surface area contributed by atoms with Crippen LogP contribution in [-0.4, -0.2) is 46.6 Å². The summed E-state index contributed by atoms with van der Waals surface area (Å²) in [6.07, 6.45) is -9.59. The van der Waals surface area contributed by atoms with Crippen LogP contribution in [0.4, 0.5) is 39.5 Å². The van der Waals surface area contributed by atoms with Gasteiger partial charge in [-0.15, -0.1) is 0 Å². The highest BCUT2D eigenvalue weighted by Gasteiger charge is 2.83. The van der Waals surface area contributed by atoms with Gasteiger partial charge in [-0.3, -0.25) is 9.59 Å². The smallest absolute Gasteiger partial charge is 0.460 e. The number of alkyl halides is 9. The molecule has 0 saturated heterocycles. The average Bonchev–Trinajstić information content (AvgIpc) is 2.26. The second-order valence-corrected chi connectivity index (χ2v) is 3.55.